The lowest BCUT2D eigenvalue weighted by Gasteiger charge is -2.31. The first-order chi connectivity index (χ1) is 51.1. The number of epoxide rings is 1. The summed E-state index contributed by atoms with van der Waals surface area (Å²) in [5, 5.41) is 99.5. The van der Waals surface area contributed by atoms with Crippen molar-refractivity contribution in [2.45, 2.75) is 163 Å². The van der Waals surface area contributed by atoms with E-state index < -0.39 is 249 Å². The second-order valence-electron chi connectivity index (χ2n) is 25.7. The number of hydrogen-bond acceptors (Lipinski definition) is 21. The molecule has 15 atom stereocenters. The number of phenols is 1. The van der Waals surface area contributed by atoms with E-state index in [-0.39, 0.29) is 16.9 Å². The number of ether oxygens (including phenoxy) is 1. The van der Waals surface area contributed by atoms with Gasteiger partial charge in [0.1, 0.15) is 66.2 Å². The van der Waals surface area contributed by atoms with Gasteiger partial charge in [0.25, 0.3) is 5.91 Å². The normalized spacial score (nSPS) is 24.3. The molecule has 2 aromatic heterocycles. The largest absolute Gasteiger partial charge is 0.508 e. The molecule has 7 unspecified atom stereocenters. The molecule has 580 valence electrons. The molecule has 0 saturated carbocycles. The minimum absolute atomic E-state index is 0.107. The molecule has 0 aliphatic carbocycles. The lowest BCUT2D eigenvalue weighted by molar-refractivity contribution is -0.144. The lowest BCUT2D eigenvalue weighted by atomic mass is 9.95. The van der Waals surface area contributed by atoms with Gasteiger partial charge in [-0.3, -0.25) is 81.5 Å². The molecular weight excluding hydrogens is 1430 g/mol. The number of aliphatic hydroxyl groups excluding tert-OH is 2. The molecule has 3 aromatic carbocycles. The molecule has 0 radical (unpaired) electrons. The Morgan fingerprint density at radius 2 is 1.01 bits per heavy atom. The number of aromatic nitrogens is 2. The van der Waals surface area contributed by atoms with Crippen LogP contribution in [0.3, 0.4) is 0 Å². The fraction of sp³-hybridized carbons (Fsp3) is 0.426. The number of fused-ring (bicyclic) bond motifs is 2. The number of nitrogens with one attached hydrogen (secondary N) is 14. The number of carboxylic acid groups (broad SMARTS) is 4. The number of carbonyl (C=O) groups is 17. The molecule has 4 heterocycles. The van der Waals surface area contributed by atoms with Gasteiger partial charge in [0, 0.05) is 53.5 Å². The van der Waals surface area contributed by atoms with Gasteiger partial charge in [0.2, 0.25) is 70.9 Å². The summed E-state index contributed by atoms with van der Waals surface area (Å²) < 4.78 is 5.44. The predicted molar refractivity (Wildman–Crippen MR) is 370 cm³/mol. The van der Waals surface area contributed by atoms with Gasteiger partial charge in [0.05, 0.1) is 51.0 Å². The monoisotopic (exact) mass is 1510 g/mol. The van der Waals surface area contributed by atoms with Crippen molar-refractivity contribution in [1.29, 1.82) is 0 Å². The van der Waals surface area contributed by atoms with Crippen LogP contribution in [0.25, 0.3) is 21.8 Å². The Kier molecular flexibility index (Phi) is 29.0. The lowest BCUT2D eigenvalue weighted by Crippen LogP contribution is -2.65. The third-order valence-electron chi connectivity index (χ3n) is 17.5. The molecule has 2 saturated heterocycles. The number of phenolic OH excluding ortho intramolecular Hbond substituents is 1. The quantitative estimate of drug-likeness (QED) is 0.0256. The summed E-state index contributed by atoms with van der Waals surface area (Å²) in [4.78, 5) is 242. The number of carboxylic acids is 4. The van der Waals surface area contributed by atoms with E-state index >= 15 is 14.4 Å². The summed E-state index contributed by atoms with van der Waals surface area (Å²) in [6.07, 6.45) is -7.18. The van der Waals surface area contributed by atoms with Crippen LogP contribution in [0.5, 0.6) is 5.75 Å². The molecule has 40 heteroatoms. The van der Waals surface area contributed by atoms with E-state index in [0.717, 1.165) is 26.0 Å². The van der Waals surface area contributed by atoms with Gasteiger partial charge in [-0.1, -0.05) is 68.8 Å². The number of rotatable bonds is 24. The second kappa shape index (κ2) is 37.9. The SMILES string of the molecule is CCCC1OC1C(=O)N[C@@H](CO)C(=O)NC1C(=O)NC(Cc2c[nH]c3ccccc23)C(=O)N[C@@H](CC(=O)O)C(=O)NC(CC(=O)O)C(=O)N[C@H](Cc2ccc(O)cc2)C(=O)N[C@@H](CC(=O)O)C(=O)NCC(=O)N[C@H]([C@H](O)C(N)=O)C(=O)NC([C@H](C)CC(=O)O)C(=O)N[C@@H](Cc2c[nH]c3ccccc23)C(=O)NC1C. The Hall–Kier alpha value is -12.6. The van der Waals surface area contributed by atoms with E-state index in [1.807, 2.05) is 22.9 Å². The van der Waals surface area contributed by atoms with Crippen LogP contribution < -0.4 is 69.5 Å². The summed E-state index contributed by atoms with van der Waals surface area (Å²) in [7, 11) is 0. The number of H-pyrrole nitrogens is 2. The van der Waals surface area contributed by atoms with Crippen molar-refractivity contribution in [2.75, 3.05) is 13.2 Å². The number of amides is 13. The van der Waals surface area contributed by atoms with Gasteiger partial charge < -0.3 is 120 Å². The summed E-state index contributed by atoms with van der Waals surface area (Å²) >= 11 is 0. The van der Waals surface area contributed by atoms with Crippen molar-refractivity contribution in [3.8, 4) is 5.75 Å². The number of aromatic hydroxyl groups is 1. The first-order valence-corrected chi connectivity index (χ1v) is 33.7. The van der Waals surface area contributed by atoms with Crippen LogP contribution in [-0.4, -0.2) is 244 Å². The maximum Gasteiger partial charge on any atom is 0.305 e. The highest BCUT2D eigenvalue weighted by molar-refractivity contribution is 6.03. The van der Waals surface area contributed by atoms with Crippen LogP contribution >= 0.6 is 0 Å². The van der Waals surface area contributed by atoms with Crippen molar-refractivity contribution in [2.24, 2.45) is 11.7 Å². The molecule has 2 aliphatic rings. The Morgan fingerprint density at radius 1 is 0.556 bits per heavy atom. The highest BCUT2D eigenvalue weighted by Gasteiger charge is 2.46. The van der Waals surface area contributed by atoms with Gasteiger partial charge in [-0.2, -0.15) is 0 Å². The molecule has 23 N–H and O–H groups in total. The van der Waals surface area contributed by atoms with E-state index in [1.54, 1.807) is 48.5 Å². The fourth-order valence-electron chi connectivity index (χ4n) is 11.8. The molecule has 2 aliphatic heterocycles. The summed E-state index contributed by atoms with van der Waals surface area (Å²) in [6.45, 7) is 1.63. The minimum Gasteiger partial charge on any atom is -0.508 e. The van der Waals surface area contributed by atoms with Gasteiger partial charge in [-0.25, -0.2) is 0 Å². The third-order valence-corrected chi connectivity index (χ3v) is 17.5. The van der Waals surface area contributed by atoms with E-state index in [0.29, 0.717) is 40.2 Å². The number of hydrogen-bond donors (Lipinski definition) is 22. The molecule has 7 rings (SSSR count). The first-order valence-electron chi connectivity index (χ1n) is 33.7. The standard InChI is InChI=1S/C68H83N15O25/c1-4-9-46-56(108-46)68(107)80-45(28-84)64(103)83-53-30(3)73-59(98)40(20-32-25-70-37-12-7-5-10-35(32)37)78-65(104)52(29(2)18-48(87)88)82-67(106)54(55(95)57(69)96)81-47(86)27-72-58(97)42(22-49(89)90)75-60(99)39(19-31-14-16-34(85)17-15-31)74-62(101)43(23-50(91)92)77-63(102)44(24-51(93)94)76-61(100)41(79-66(53)105)21-33-26-71-38-13-8-6-11-36(33)38/h5-8,10-17,25-26,29-30,39-46,52-56,70-71,84-85,95H,4,9,18-24,27-28H2,1-3H3,(H2,69,96)(H,72,97)(H,73,98)(H,74,101)(H,75,99)(H,76,100)(H,77,102)(H,78,104)(H,79,105)(H,80,107)(H,81,86)(H,82,106)(H,83,103)(H,87,88)(H,89,90)(H,91,92)(H,93,94)/t29-,30?,39-,40+,41?,42+,43?,44+,45+,46?,52?,53?,54-,55+,56?/m1/s1. The summed E-state index contributed by atoms with van der Waals surface area (Å²) in [5.74, 6) is -27.3. The average Bonchev–Trinajstić information content (AvgIpc) is 1.62. The molecule has 5 aromatic rings. The highest BCUT2D eigenvalue weighted by Crippen LogP contribution is 2.27. The van der Waals surface area contributed by atoms with Crippen LogP contribution in [0.1, 0.15) is 76.0 Å². The molecule has 0 bridgehead atoms. The Bertz CT molecular complexity index is 4240. The number of para-hydroxylation sites is 2. The van der Waals surface area contributed by atoms with E-state index in [9.17, 15) is 103 Å². The van der Waals surface area contributed by atoms with E-state index in [2.05, 4.69) is 57.8 Å². The first kappa shape index (κ1) is 82.7. The van der Waals surface area contributed by atoms with Gasteiger partial charge in [0.15, 0.2) is 12.2 Å². The fourth-order valence-corrected chi connectivity index (χ4v) is 11.8. The van der Waals surface area contributed by atoms with Crippen LogP contribution in [0, 0.1) is 5.92 Å². The van der Waals surface area contributed by atoms with Crippen LogP contribution in [0.2, 0.25) is 0 Å². The van der Waals surface area contributed by atoms with Gasteiger partial charge in [-0.05, 0) is 60.2 Å². The van der Waals surface area contributed by atoms with Gasteiger partial charge >= 0.3 is 23.9 Å². The van der Waals surface area contributed by atoms with Crippen molar-refractivity contribution >= 4 is 122 Å². The smallest absolute Gasteiger partial charge is 0.305 e. The molecule has 13 amide bonds. The number of aliphatic carboxylic acids is 4. The zero-order valence-corrected chi connectivity index (χ0v) is 58.1. The highest BCUT2D eigenvalue weighted by atomic mass is 16.6. The second-order valence-corrected chi connectivity index (χ2v) is 25.7. The number of benzene rings is 3. The molecule has 40 nitrogen and oxygen atoms in total. The summed E-state index contributed by atoms with van der Waals surface area (Å²) in [5.41, 5.74) is 7.00. The van der Waals surface area contributed by atoms with E-state index in [1.165, 1.54) is 24.5 Å². The van der Waals surface area contributed by atoms with Crippen LogP contribution in [-0.2, 0) is 106 Å². The average molecular weight is 1510 g/mol. The maximum absolute atomic E-state index is 15.4. The van der Waals surface area contributed by atoms with Gasteiger partial charge in [-0.15, -0.1) is 0 Å². The Morgan fingerprint density at radius 3 is 1.50 bits per heavy atom. The van der Waals surface area contributed by atoms with E-state index in [4.69, 9.17) is 10.5 Å². The van der Waals surface area contributed by atoms with Crippen molar-refractivity contribution in [1.82, 2.24) is 73.8 Å². The molecule has 2 fully saturated rings. The van der Waals surface area contributed by atoms with Crippen molar-refractivity contribution < 1.29 is 122 Å². The van der Waals surface area contributed by atoms with Crippen LogP contribution in [0.15, 0.2) is 85.2 Å². The van der Waals surface area contributed by atoms with Crippen molar-refractivity contribution in [3.63, 3.8) is 0 Å². The third kappa shape index (κ3) is 23.2. The number of carbonyl (C=O) groups excluding carboxylic acids is 13. The topological polar surface area (TPSA) is 646 Å². The summed E-state index contributed by atoms with van der Waals surface area (Å²) in [6, 6.07) is -5.62. The number of aliphatic hydroxyl groups is 2. The molecular formula is C68H83N15O25. The van der Waals surface area contributed by atoms with Crippen LogP contribution in [0.4, 0.5) is 0 Å². The zero-order valence-electron chi connectivity index (χ0n) is 58.1. The molecule has 0 spiro atoms. The Labute approximate surface area is 611 Å². The number of primary amides is 1. The number of nitrogens with two attached hydrogens (primary N) is 1. The predicted octanol–water partition coefficient (Wildman–Crippen LogP) is -6.19. The maximum atomic E-state index is 15.4. The Balaban J connectivity index is 1.37. The number of aromatic amines is 2. The molecule has 108 heavy (non-hydrogen) atoms. The minimum atomic E-state index is -2.71. The zero-order chi connectivity index (χ0) is 79.4. The van der Waals surface area contributed by atoms with Crippen molar-refractivity contribution in [3.05, 3.63) is 102 Å².